The van der Waals surface area contributed by atoms with Crippen LogP contribution < -0.4 is 11.1 Å². The SMILES string of the molecule is CCC(=O)Nc1ccc(CCCN)cc1. The van der Waals surface area contributed by atoms with Crippen molar-refractivity contribution in [3.63, 3.8) is 0 Å². The fourth-order valence-corrected chi connectivity index (χ4v) is 1.31. The molecule has 0 radical (unpaired) electrons. The number of hydrogen-bond acceptors (Lipinski definition) is 2. The van der Waals surface area contributed by atoms with Gasteiger partial charge in [0.15, 0.2) is 0 Å². The van der Waals surface area contributed by atoms with E-state index in [1.54, 1.807) is 0 Å². The highest BCUT2D eigenvalue weighted by molar-refractivity contribution is 5.90. The molecule has 0 fully saturated rings. The molecule has 1 aromatic carbocycles. The summed E-state index contributed by atoms with van der Waals surface area (Å²) in [6.45, 7) is 2.55. The molecule has 0 unspecified atom stereocenters. The van der Waals surface area contributed by atoms with Gasteiger partial charge in [0.25, 0.3) is 0 Å². The van der Waals surface area contributed by atoms with Crippen molar-refractivity contribution in [2.24, 2.45) is 5.73 Å². The summed E-state index contributed by atoms with van der Waals surface area (Å²) in [6.07, 6.45) is 2.51. The summed E-state index contributed by atoms with van der Waals surface area (Å²) in [5.74, 6) is 0.0460. The number of hydrogen-bond donors (Lipinski definition) is 2. The van der Waals surface area contributed by atoms with Gasteiger partial charge in [0.1, 0.15) is 0 Å². The Morgan fingerprint density at radius 2 is 2.00 bits per heavy atom. The number of carbonyl (C=O) groups is 1. The number of nitrogens with two attached hydrogens (primary N) is 1. The highest BCUT2D eigenvalue weighted by Gasteiger charge is 1.98. The Bertz CT molecular complexity index is 306. The number of aryl methyl sites for hydroxylation is 1. The Kier molecular flexibility index (Phi) is 4.84. The van der Waals surface area contributed by atoms with E-state index in [0.29, 0.717) is 13.0 Å². The lowest BCUT2D eigenvalue weighted by Crippen LogP contribution is -2.09. The van der Waals surface area contributed by atoms with Gasteiger partial charge in [-0.25, -0.2) is 0 Å². The van der Waals surface area contributed by atoms with Gasteiger partial charge in [-0.05, 0) is 37.1 Å². The van der Waals surface area contributed by atoms with Crippen LogP contribution in [-0.4, -0.2) is 12.5 Å². The smallest absolute Gasteiger partial charge is 0.224 e. The predicted octanol–water partition coefficient (Wildman–Crippen LogP) is 1.93. The van der Waals surface area contributed by atoms with Crippen LogP contribution in [-0.2, 0) is 11.2 Å². The van der Waals surface area contributed by atoms with Crippen LogP contribution in [0.5, 0.6) is 0 Å². The van der Waals surface area contributed by atoms with Gasteiger partial charge in [0.2, 0.25) is 5.91 Å². The van der Waals surface area contributed by atoms with Gasteiger partial charge in [-0.1, -0.05) is 19.1 Å². The summed E-state index contributed by atoms with van der Waals surface area (Å²) in [4.78, 5) is 11.1. The molecule has 0 saturated carbocycles. The molecule has 0 bridgehead atoms. The highest BCUT2D eigenvalue weighted by atomic mass is 16.1. The van der Waals surface area contributed by atoms with Crippen molar-refractivity contribution < 1.29 is 4.79 Å². The third-order valence-electron chi connectivity index (χ3n) is 2.23. The lowest BCUT2D eigenvalue weighted by atomic mass is 10.1. The Balaban J connectivity index is 2.52. The Hall–Kier alpha value is -1.35. The molecule has 0 spiro atoms. The van der Waals surface area contributed by atoms with Crippen molar-refractivity contribution in [2.45, 2.75) is 26.2 Å². The van der Waals surface area contributed by atoms with E-state index in [2.05, 4.69) is 5.32 Å². The average molecular weight is 206 g/mol. The van der Waals surface area contributed by atoms with Crippen LogP contribution in [0.3, 0.4) is 0 Å². The average Bonchev–Trinajstić information content (AvgIpc) is 2.28. The summed E-state index contributed by atoms with van der Waals surface area (Å²) in [5.41, 5.74) is 7.55. The second-order valence-electron chi connectivity index (χ2n) is 3.49. The van der Waals surface area contributed by atoms with Crippen LogP contribution >= 0.6 is 0 Å². The molecule has 15 heavy (non-hydrogen) atoms. The largest absolute Gasteiger partial charge is 0.330 e. The second kappa shape index (κ2) is 6.19. The first-order valence-corrected chi connectivity index (χ1v) is 5.35. The van der Waals surface area contributed by atoms with Crippen molar-refractivity contribution in [1.29, 1.82) is 0 Å². The lowest BCUT2D eigenvalue weighted by Gasteiger charge is -2.04. The zero-order valence-electron chi connectivity index (χ0n) is 9.12. The summed E-state index contributed by atoms with van der Waals surface area (Å²) in [5, 5.41) is 2.81. The van der Waals surface area contributed by atoms with E-state index in [1.165, 1.54) is 5.56 Å². The minimum absolute atomic E-state index is 0.0460. The van der Waals surface area contributed by atoms with Gasteiger partial charge in [-0.2, -0.15) is 0 Å². The molecular formula is C12H18N2O. The zero-order chi connectivity index (χ0) is 11.1. The molecule has 0 heterocycles. The molecule has 82 valence electrons. The van der Waals surface area contributed by atoms with Crippen LogP contribution in [0.4, 0.5) is 5.69 Å². The minimum atomic E-state index is 0.0460. The van der Waals surface area contributed by atoms with Crippen LogP contribution in [0, 0.1) is 0 Å². The standard InChI is InChI=1S/C12H18N2O/c1-2-12(15)14-11-7-5-10(6-8-11)4-3-9-13/h5-8H,2-4,9,13H2,1H3,(H,14,15). The minimum Gasteiger partial charge on any atom is -0.330 e. The molecule has 3 N–H and O–H groups in total. The maximum atomic E-state index is 11.1. The predicted molar refractivity (Wildman–Crippen MR) is 62.7 cm³/mol. The molecule has 0 aliphatic heterocycles. The number of carbonyl (C=O) groups excluding carboxylic acids is 1. The summed E-state index contributed by atoms with van der Waals surface area (Å²) in [7, 11) is 0. The molecule has 0 saturated heterocycles. The van der Waals surface area contributed by atoms with Crippen molar-refractivity contribution in [3.8, 4) is 0 Å². The van der Waals surface area contributed by atoms with Crippen LogP contribution in [0.15, 0.2) is 24.3 Å². The molecular weight excluding hydrogens is 188 g/mol. The van der Waals surface area contributed by atoms with E-state index >= 15 is 0 Å². The van der Waals surface area contributed by atoms with E-state index in [1.807, 2.05) is 31.2 Å². The van der Waals surface area contributed by atoms with E-state index in [4.69, 9.17) is 5.73 Å². The highest BCUT2D eigenvalue weighted by Crippen LogP contribution is 2.11. The van der Waals surface area contributed by atoms with Crippen molar-refractivity contribution in [3.05, 3.63) is 29.8 Å². The molecule has 1 aromatic rings. The zero-order valence-corrected chi connectivity index (χ0v) is 9.12. The lowest BCUT2D eigenvalue weighted by molar-refractivity contribution is -0.115. The van der Waals surface area contributed by atoms with Gasteiger partial charge in [-0.3, -0.25) is 4.79 Å². The Morgan fingerprint density at radius 3 is 2.53 bits per heavy atom. The van der Waals surface area contributed by atoms with Gasteiger partial charge >= 0.3 is 0 Å². The first-order valence-electron chi connectivity index (χ1n) is 5.35. The molecule has 0 aromatic heterocycles. The quantitative estimate of drug-likeness (QED) is 0.773. The number of amides is 1. The maximum Gasteiger partial charge on any atom is 0.224 e. The first-order chi connectivity index (χ1) is 7.26. The topological polar surface area (TPSA) is 55.1 Å². The number of nitrogens with one attached hydrogen (secondary N) is 1. The van der Waals surface area contributed by atoms with Gasteiger partial charge in [0.05, 0.1) is 0 Å². The maximum absolute atomic E-state index is 11.1. The first kappa shape index (κ1) is 11.7. The molecule has 0 atom stereocenters. The van der Waals surface area contributed by atoms with Crippen molar-refractivity contribution in [2.75, 3.05) is 11.9 Å². The molecule has 0 aliphatic rings. The van der Waals surface area contributed by atoms with Gasteiger partial charge in [-0.15, -0.1) is 0 Å². The third kappa shape index (κ3) is 4.13. The summed E-state index contributed by atoms with van der Waals surface area (Å²) < 4.78 is 0. The van der Waals surface area contributed by atoms with E-state index in [0.717, 1.165) is 18.5 Å². The summed E-state index contributed by atoms with van der Waals surface area (Å²) >= 11 is 0. The van der Waals surface area contributed by atoms with E-state index < -0.39 is 0 Å². The van der Waals surface area contributed by atoms with Gasteiger partial charge in [0, 0.05) is 12.1 Å². The summed E-state index contributed by atoms with van der Waals surface area (Å²) in [6, 6.07) is 7.92. The van der Waals surface area contributed by atoms with Gasteiger partial charge < -0.3 is 11.1 Å². The Morgan fingerprint density at radius 1 is 1.33 bits per heavy atom. The normalized spacial score (nSPS) is 10.0. The van der Waals surface area contributed by atoms with E-state index in [-0.39, 0.29) is 5.91 Å². The van der Waals surface area contributed by atoms with Crippen molar-refractivity contribution in [1.82, 2.24) is 0 Å². The fraction of sp³-hybridized carbons (Fsp3) is 0.417. The number of benzene rings is 1. The van der Waals surface area contributed by atoms with Crippen LogP contribution in [0.1, 0.15) is 25.3 Å². The molecule has 3 heteroatoms. The molecule has 3 nitrogen and oxygen atoms in total. The van der Waals surface area contributed by atoms with E-state index in [9.17, 15) is 4.79 Å². The molecule has 0 aliphatic carbocycles. The third-order valence-corrected chi connectivity index (χ3v) is 2.23. The monoisotopic (exact) mass is 206 g/mol. The fourth-order valence-electron chi connectivity index (χ4n) is 1.31. The second-order valence-corrected chi connectivity index (χ2v) is 3.49. The number of rotatable bonds is 5. The number of anilines is 1. The molecule has 1 rings (SSSR count). The Labute approximate surface area is 90.7 Å². The van der Waals surface area contributed by atoms with Crippen LogP contribution in [0.2, 0.25) is 0 Å². The van der Waals surface area contributed by atoms with Crippen molar-refractivity contribution >= 4 is 11.6 Å². The van der Waals surface area contributed by atoms with Crippen LogP contribution in [0.25, 0.3) is 0 Å². The molecule has 1 amide bonds.